The normalized spacial score (nSPS) is 15.8. The van der Waals surface area contributed by atoms with Crippen LogP contribution in [0.1, 0.15) is 42.7 Å². The minimum Gasteiger partial charge on any atom is -0.479 e. The zero-order chi connectivity index (χ0) is 23.4. The van der Waals surface area contributed by atoms with Gasteiger partial charge in [0.2, 0.25) is 5.91 Å². The number of carbonyl (C=O) groups is 3. The molecule has 3 N–H and O–H groups in total. The summed E-state index contributed by atoms with van der Waals surface area (Å²) in [7, 11) is 0. The maximum atomic E-state index is 12.2. The van der Waals surface area contributed by atoms with Gasteiger partial charge in [-0.25, -0.2) is 9.59 Å². The van der Waals surface area contributed by atoms with Crippen LogP contribution in [0.4, 0.5) is 4.79 Å². The molecule has 0 unspecified atom stereocenters. The Labute approximate surface area is 192 Å². The van der Waals surface area contributed by atoms with Gasteiger partial charge in [0.1, 0.15) is 6.61 Å². The van der Waals surface area contributed by atoms with Gasteiger partial charge in [-0.15, -0.1) is 0 Å². The van der Waals surface area contributed by atoms with Gasteiger partial charge in [-0.3, -0.25) is 4.79 Å². The molecule has 1 saturated heterocycles. The predicted molar refractivity (Wildman–Crippen MR) is 121 cm³/mol. The van der Waals surface area contributed by atoms with Gasteiger partial charge >= 0.3 is 12.1 Å². The summed E-state index contributed by atoms with van der Waals surface area (Å²) in [5.41, 5.74) is 2.90. The minimum absolute atomic E-state index is 0.0226. The van der Waals surface area contributed by atoms with E-state index in [2.05, 4.69) is 29.6 Å². The first-order valence-electron chi connectivity index (χ1n) is 11.2. The number of alkyl carbamates (subject to hydrolysis) is 1. The van der Waals surface area contributed by atoms with E-state index in [4.69, 9.17) is 9.84 Å². The Morgan fingerprint density at radius 2 is 1.58 bits per heavy atom. The Hall–Kier alpha value is -3.39. The fourth-order valence-corrected chi connectivity index (χ4v) is 4.47. The van der Waals surface area contributed by atoms with Crippen LogP contribution in [0.3, 0.4) is 0 Å². The van der Waals surface area contributed by atoms with Crippen LogP contribution in [0.2, 0.25) is 0 Å². The molecule has 8 heteroatoms. The largest absolute Gasteiger partial charge is 0.479 e. The number of β-amino-alcohol motifs (C(OH)–C–C–N with tert-alkyl or cyclic N) is 1. The second kappa shape index (κ2) is 9.62. The lowest BCUT2D eigenvalue weighted by atomic mass is 9.94. The number of likely N-dealkylation sites (tertiary alicyclic amines) is 1. The number of nitrogens with one attached hydrogen (secondary N) is 1. The number of carboxylic acids is 1. The number of nitrogens with zero attached hydrogens (tertiary/aromatic N) is 1. The van der Waals surface area contributed by atoms with E-state index in [-0.39, 0.29) is 31.5 Å². The van der Waals surface area contributed by atoms with Crippen molar-refractivity contribution in [1.82, 2.24) is 10.2 Å². The van der Waals surface area contributed by atoms with Crippen molar-refractivity contribution < 1.29 is 29.3 Å². The highest BCUT2D eigenvalue weighted by Crippen LogP contribution is 2.44. The third kappa shape index (κ3) is 4.85. The number of fused-ring (bicyclic) bond motifs is 3. The van der Waals surface area contributed by atoms with Gasteiger partial charge in [-0.05, 0) is 35.1 Å². The molecule has 2 amide bonds. The van der Waals surface area contributed by atoms with E-state index in [0.29, 0.717) is 25.8 Å². The smallest absolute Gasteiger partial charge is 0.407 e. The van der Waals surface area contributed by atoms with Gasteiger partial charge in [-0.1, -0.05) is 55.0 Å². The van der Waals surface area contributed by atoms with E-state index in [1.807, 2.05) is 24.3 Å². The van der Waals surface area contributed by atoms with Crippen molar-refractivity contribution in [3.05, 3.63) is 59.7 Å². The molecule has 174 valence electrons. The topological polar surface area (TPSA) is 116 Å². The summed E-state index contributed by atoms with van der Waals surface area (Å²) < 4.78 is 5.49. The molecule has 2 aromatic carbocycles. The number of unbranched alkanes of at least 4 members (excludes halogenated alkanes) is 2. The fourth-order valence-electron chi connectivity index (χ4n) is 4.47. The molecule has 0 atom stereocenters. The van der Waals surface area contributed by atoms with Gasteiger partial charge in [0.15, 0.2) is 5.60 Å². The summed E-state index contributed by atoms with van der Waals surface area (Å²) in [6, 6.07) is 16.3. The van der Waals surface area contributed by atoms with Crippen molar-refractivity contribution in [2.75, 3.05) is 26.2 Å². The van der Waals surface area contributed by atoms with Crippen LogP contribution in [0, 0.1) is 0 Å². The summed E-state index contributed by atoms with van der Waals surface area (Å²) in [4.78, 5) is 36.4. The molecule has 1 fully saturated rings. The first-order valence-corrected chi connectivity index (χ1v) is 11.2. The number of rotatable bonds is 9. The lowest BCUT2D eigenvalue weighted by Crippen LogP contribution is -2.67. The number of benzene rings is 2. The third-order valence-corrected chi connectivity index (χ3v) is 6.34. The number of carbonyl (C=O) groups excluding carboxylic acids is 2. The Balaban J connectivity index is 1.12. The lowest BCUT2D eigenvalue weighted by molar-refractivity contribution is -0.182. The van der Waals surface area contributed by atoms with Crippen LogP contribution < -0.4 is 5.32 Å². The molecule has 0 spiro atoms. The van der Waals surface area contributed by atoms with E-state index >= 15 is 0 Å². The number of amides is 2. The first-order chi connectivity index (χ1) is 15.9. The van der Waals surface area contributed by atoms with Crippen LogP contribution >= 0.6 is 0 Å². The number of aliphatic hydroxyl groups is 1. The molecule has 1 aliphatic carbocycles. The Morgan fingerprint density at radius 3 is 2.18 bits per heavy atom. The maximum absolute atomic E-state index is 12.2. The average Bonchev–Trinajstić information content (AvgIpc) is 3.11. The van der Waals surface area contributed by atoms with Gasteiger partial charge in [0.25, 0.3) is 0 Å². The standard InChI is InChI=1S/C25H28N2O6/c28-22(27-15-25(32,16-27)23(29)30)12-2-1-7-13-26-24(31)33-14-21-19-10-5-3-8-17(19)18-9-4-6-11-20(18)21/h3-6,8-11,21,32H,1-2,7,12-16H2,(H,26,31)(H,29,30). The Kier molecular flexibility index (Phi) is 6.65. The Bertz CT molecular complexity index is 1000. The summed E-state index contributed by atoms with van der Waals surface area (Å²) in [6.45, 7) is 0.398. The quantitative estimate of drug-likeness (QED) is 0.504. The number of carboxylic acid groups (broad SMARTS) is 1. The molecular formula is C25H28N2O6. The number of hydrogen-bond acceptors (Lipinski definition) is 5. The van der Waals surface area contributed by atoms with Crippen molar-refractivity contribution in [2.45, 2.75) is 37.2 Å². The summed E-state index contributed by atoms with van der Waals surface area (Å²) in [6.07, 6.45) is 1.91. The highest BCUT2D eigenvalue weighted by Gasteiger charge is 2.49. The number of hydrogen-bond donors (Lipinski definition) is 3. The molecule has 0 aromatic heterocycles. The zero-order valence-electron chi connectivity index (χ0n) is 18.3. The van der Waals surface area contributed by atoms with Crippen molar-refractivity contribution in [1.29, 1.82) is 0 Å². The summed E-state index contributed by atoms with van der Waals surface area (Å²) >= 11 is 0. The van der Waals surface area contributed by atoms with E-state index in [0.717, 1.165) is 6.42 Å². The maximum Gasteiger partial charge on any atom is 0.407 e. The molecular weight excluding hydrogens is 424 g/mol. The number of aliphatic carboxylic acids is 1. The number of ether oxygens (including phenoxy) is 1. The highest BCUT2D eigenvalue weighted by atomic mass is 16.5. The minimum atomic E-state index is -1.80. The van der Waals surface area contributed by atoms with Gasteiger partial charge in [0.05, 0.1) is 13.1 Å². The third-order valence-electron chi connectivity index (χ3n) is 6.34. The molecule has 33 heavy (non-hydrogen) atoms. The summed E-state index contributed by atoms with van der Waals surface area (Å²) in [5, 5.41) is 21.3. The van der Waals surface area contributed by atoms with Crippen LogP contribution in [-0.2, 0) is 14.3 Å². The van der Waals surface area contributed by atoms with Crippen LogP contribution in [0.15, 0.2) is 48.5 Å². The van der Waals surface area contributed by atoms with E-state index in [9.17, 15) is 19.5 Å². The zero-order valence-corrected chi connectivity index (χ0v) is 18.3. The monoisotopic (exact) mass is 452 g/mol. The van der Waals surface area contributed by atoms with Crippen molar-refractivity contribution in [3.63, 3.8) is 0 Å². The van der Waals surface area contributed by atoms with E-state index < -0.39 is 17.7 Å². The molecule has 4 rings (SSSR count). The van der Waals surface area contributed by atoms with Crippen molar-refractivity contribution in [2.24, 2.45) is 0 Å². The molecule has 1 aliphatic heterocycles. The molecule has 0 saturated carbocycles. The second-order valence-corrected chi connectivity index (χ2v) is 8.65. The lowest BCUT2D eigenvalue weighted by Gasteiger charge is -2.43. The van der Waals surface area contributed by atoms with Gasteiger partial charge in [-0.2, -0.15) is 0 Å². The first kappa shape index (κ1) is 22.8. The molecule has 1 heterocycles. The predicted octanol–water partition coefficient (Wildman–Crippen LogP) is 2.74. The molecule has 0 radical (unpaired) electrons. The van der Waals surface area contributed by atoms with Crippen molar-refractivity contribution >= 4 is 18.0 Å². The molecule has 2 aliphatic rings. The van der Waals surface area contributed by atoms with Gasteiger partial charge in [0, 0.05) is 18.9 Å². The average molecular weight is 453 g/mol. The Morgan fingerprint density at radius 1 is 0.970 bits per heavy atom. The van der Waals surface area contributed by atoms with Crippen LogP contribution in [0.25, 0.3) is 11.1 Å². The summed E-state index contributed by atoms with van der Waals surface area (Å²) in [5.74, 6) is -1.44. The molecule has 8 nitrogen and oxygen atoms in total. The SMILES string of the molecule is O=C(NCCCCCC(=O)N1CC(O)(C(=O)O)C1)OCC1c2ccccc2-c2ccccc21. The fraction of sp³-hybridized carbons (Fsp3) is 0.400. The second-order valence-electron chi connectivity index (χ2n) is 8.65. The van der Waals surface area contributed by atoms with Gasteiger partial charge < -0.3 is 25.2 Å². The van der Waals surface area contributed by atoms with Crippen molar-refractivity contribution in [3.8, 4) is 11.1 Å². The van der Waals surface area contributed by atoms with E-state index in [1.165, 1.54) is 27.2 Å². The molecule has 0 bridgehead atoms. The highest BCUT2D eigenvalue weighted by molar-refractivity contribution is 5.85. The van der Waals surface area contributed by atoms with Crippen LogP contribution in [-0.4, -0.2) is 64.9 Å². The molecule has 2 aromatic rings. The van der Waals surface area contributed by atoms with Crippen LogP contribution in [0.5, 0.6) is 0 Å². The van der Waals surface area contributed by atoms with E-state index in [1.54, 1.807) is 0 Å².